The van der Waals surface area contributed by atoms with Crippen LogP contribution >= 0.6 is 35.3 Å². The van der Waals surface area contributed by atoms with Gasteiger partial charge < -0.3 is 10.2 Å². The molecule has 1 aromatic heterocycles. The number of rotatable bonds is 5. The van der Waals surface area contributed by atoms with Gasteiger partial charge in [-0.3, -0.25) is 4.79 Å². The van der Waals surface area contributed by atoms with Gasteiger partial charge in [-0.2, -0.15) is 11.3 Å². The minimum atomic E-state index is -0.174. The van der Waals surface area contributed by atoms with Crippen molar-refractivity contribution in [3.63, 3.8) is 0 Å². The lowest BCUT2D eigenvalue weighted by Gasteiger charge is -2.31. The first-order valence-corrected chi connectivity index (χ1v) is 10.7. The topological polar surface area (TPSA) is 32.3 Å². The predicted octanol–water partition coefficient (Wildman–Crippen LogP) is 5.10. The summed E-state index contributed by atoms with van der Waals surface area (Å²) in [6, 6.07) is 10.2. The molecule has 0 radical (unpaired) electrons. The number of thiophene rings is 1. The van der Waals surface area contributed by atoms with E-state index in [-0.39, 0.29) is 24.2 Å². The first-order valence-electron chi connectivity index (χ1n) is 9.37. The molecule has 2 heterocycles. The molecule has 1 spiro atoms. The number of hydrogen-bond donors (Lipinski definition) is 1. The Bertz CT molecular complexity index is 774. The molecule has 2 aromatic rings. The Labute approximate surface area is 176 Å². The molecule has 2 fully saturated rings. The van der Waals surface area contributed by atoms with E-state index in [1.54, 1.807) is 11.3 Å². The molecule has 0 bridgehead atoms. The fraction of sp³-hybridized carbons (Fsp3) is 0.476. The lowest BCUT2D eigenvalue weighted by atomic mass is 9.92. The highest BCUT2D eigenvalue weighted by atomic mass is 35.5. The van der Waals surface area contributed by atoms with Gasteiger partial charge in [-0.15, -0.1) is 12.4 Å². The molecule has 1 aromatic carbocycles. The summed E-state index contributed by atoms with van der Waals surface area (Å²) in [5.74, 6) is 0.0468. The highest BCUT2D eigenvalue weighted by molar-refractivity contribution is 7.07. The number of piperidine rings is 1. The number of carbonyl (C=O) groups excluding carboxylic acids is 1. The first-order chi connectivity index (χ1) is 12.6. The van der Waals surface area contributed by atoms with Crippen molar-refractivity contribution in [3.8, 4) is 0 Å². The van der Waals surface area contributed by atoms with Crippen LogP contribution < -0.4 is 5.32 Å². The Kier molecular flexibility index (Phi) is 6.52. The molecular formula is C21H26Cl2N2OS. The summed E-state index contributed by atoms with van der Waals surface area (Å²) in [4.78, 5) is 15.6. The van der Waals surface area contributed by atoms with Gasteiger partial charge in [0.05, 0.1) is 5.92 Å². The maximum atomic E-state index is 13.5. The number of nitrogens with one attached hydrogen (secondary N) is 1. The number of carbonyl (C=O) groups is 1. The van der Waals surface area contributed by atoms with Crippen LogP contribution in [0.1, 0.15) is 43.2 Å². The average Bonchev–Trinajstić information content (AvgIpc) is 3.07. The second-order valence-electron chi connectivity index (χ2n) is 7.71. The van der Waals surface area contributed by atoms with E-state index in [1.807, 2.05) is 31.2 Å². The maximum Gasteiger partial charge on any atom is 0.230 e. The van der Waals surface area contributed by atoms with E-state index in [0.29, 0.717) is 23.0 Å². The van der Waals surface area contributed by atoms with Gasteiger partial charge in [0.15, 0.2) is 0 Å². The van der Waals surface area contributed by atoms with E-state index in [2.05, 4.69) is 27.0 Å². The third-order valence-electron chi connectivity index (χ3n) is 6.06. The van der Waals surface area contributed by atoms with Crippen molar-refractivity contribution in [1.82, 2.24) is 10.2 Å². The van der Waals surface area contributed by atoms with E-state index < -0.39 is 0 Å². The van der Waals surface area contributed by atoms with Gasteiger partial charge in [0.2, 0.25) is 5.91 Å². The molecule has 1 aliphatic carbocycles. The van der Waals surface area contributed by atoms with E-state index in [1.165, 1.54) is 18.4 Å². The van der Waals surface area contributed by atoms with E-state index in [4.69, 9.17) is 11.6 Å². The summed E-state index contributed by atoms with van der Waals surface area (Å²) in [7, 11) is 0. The molecule has 1 amide bonds. The van der Waals surface area contributed by atoms with Crippen molar-refractivity contribution in [2.45, 2.75) is 44.7 Å². The zero-order chi connectivity index (χ0) is 18.1. The summed E-state index contributed by atoms with van der Waals surface area (Å²) in [6.07, 6.45) is 3.50. The third kappa shape index (κ3) is 4.34. The van der Waals surface area contributed by atoms with Crippen molar-refractivity contribution in [3.05, 3.63) is 57.2 Å². The standard InChI is InChI=1S/C21H25ClN2OS.ClH/c1-15(17-3-2-4-18(22)11-17)20(25)24(13-16-5-10-26-14-16)19-12-21(19)6-8-23-9-7-21;/h2-5,10-11,14-15,19,23H,6-9,12-13H2,1H3;1H. The van der Waals surface area contributed by atoms with Crippen LogP contribution in [-0.4, -0.2) is 29.9 Å². The second-order valence-corrected chi connectivity index (χ2v) is 8.92. The van der Waals surface area contributed by atoms with Gasteiger partial charge in [0.25, 0.3) is 0 Å². The van der Waals surface area contributed by atoms with Crippen LogP contribution in [0.3, 0.4) is 0 Å². The average molecular weight is 425 g/mol. The highest BCUT2D eigenvalue weighted by Gasteiger charge is 2.58. The molecule has 2 aliphatic rings. The summed E-state index contributed by atoms with van der Waals surface area (Å²) in [5.41, 5.74) is 2.57. The molecule has 1 saturated carbocycles. The maximum absolute atomic E-state index is 13.5. The van der Waals surface area contributed by atoms with E-state index in [9.17, 15) is 4.79 Å². The third-order valence-corrected chi connectivity index (χ3v) is 7.02. The zero-order valence-electron chi connectivity index (χ0n) is 15.5. The summed E-state index contributed by atoms with van der Waals surface area (Å²) in [6.45, 7) is 4.86. The van der Waals surface area contributed by atoms with Crippen LogP contribution in [0.15, 0.2) is 41.1 Å². The van der Waals surface area contributed by atoms with Crippen molar-refractivity contribution in [2.75, 3.05) is 13.1 Å². The Balaban J connectivity index is 0.00000210. The van der Waals surface area contributed by atoms with Crippen LogP contribution in [0.25, 0.3) is 0 Å². The van der Waals surface area contributed by atoms with Gasteiger partial charge in [0, 0.05) is 17.6 Å². The Morgan fingerprint density at radius 2 is 2.15 bits per heavy atom. The normalized spacial score (nSPS) is 21.3. The largest absolute Gasteiger partial charge is 0.334 e. The molecule has 6 heteroatoms. The quantitative estimate of drug-likeness (QED) is 0.723. The second kappa shape index (κ2) is 8.52. The smallest absolute Gasteiger partial charge is 0.230 e. The molecule has 4 rings (SSSR count). The van der Waals surface area contributed by atoms with Gasteiger partial charge in [0.1, 0.15) is 0 Å². The highest BCUT2D eigenvalue weighted by Crippen LogP contribution is 2.56. The molecule has 146 valence electrons. The fourth-order valence-corrected chi connectivity index (χ4v) is 5.18. The van der Waals surface area contributed by atoms with Gasteiger partial charge >= 0.3 is 0 Å². The molecule has 2 unspecified atom stereocenters. The van der Waals surface area contributed by atoms with Crippen LogP contribution in [0, 0.1) is 5.41 Å². The van der Waals surface area contributed by atoms with E-state index in [0.717, 1.165) is 25.1 Å². The van der Waals surface area contributed by atoms with Gasteiger partial charge in [-0.25, -0.2) is 0 Å². The monoisotopic (exact) mass is 424 g/mol. The molecule has 1 N–H and O–H groups in total. The van der Waals surface area contributed by atoms with Crippen molar-refractivity contribution < 1.29 is 4.79 Å². The van der Waals surface area contributed by atoms with Crippen LogP contribution in [-0.2, 0) is 11.3 Å². The number of hydrogen-bond acceptors (Lipinski definition) is 3. The minimum Gasteiger partial charge on any atom is -0.334 e. The van der Waals surface area contributed by atoms with Crippen molar-refractivity contribution >= 4 is 41.3 Å². The van der Waals surface area contributed by atoms with E-state index >= 15 is 0 Å². The number of amides is 1. The molecule has 2 atom stereocenters. The number of halogens is 2. The van der Waals surface area contributed by atoms with Gasteiger partial charge in [-0.05, 0) is 84.8 Å². The summed E-state index contributed by atoms with van der Waals surface area (Å²) < 4.78 is 0. The number of nitrogens with zero attached hydrogens (tertiary/aromatic N) is 1. The molecule has 27 heavy (non-hydrogen) atoms. The van der Waals surface area contributed by atoms with Gasteiger partial charge in [-0.1, -0.05) is 23.7 Å². The van der Waals surface area contributed by atoms with Crippen LogP contribution in [0.5, 0.6) is 0 Å². The summed E-state index contributed by atoms with van der Waals surface area (Å²) >= 11 is 7.84. The Hall–Kier alpha value is -1.07. The molecule has 1 saturated heterocycles. The Morgan fingerprint density at radius 3 is 2.81 bits per heavy atom. The molecular weight excluding hydrogens is 399 g/mol. The lowest BCUT2D eigenvalue weighted by molar-refractivity contribution is -0.134. The summed E-state index contributed by atoms with van der Waals surface area (Å²) in [5, 5.41) is 8.38. The van der Waals surface area contributed by atoms with Crippen LogP contribution in [0.4, 0.5) is 0 Å². The Morgan fingerprint density at radius 1 is 1.37 bits per heavy atom. The number of benzene rings is 1. The van der Waals surface area contributed by atoms with Crippen LogP contribution in [0.2, 0.25) is 5.02 Å². The van der Waals surface area contributed by atoms with Crippen molar-refractivity contribution in [2.24, 2.45) is 5.41 Å². The van der Waals surface area contributed by atoms with Crippen molar-refractivity contribution in [1.29, 1.82) is 0 Å². The molecule has 1 aliphatic heterocycles. The first kappa shape index (κ1) is 20.7. The fourth-order valence-electron chi connectivity index (χ4n) is 4.32. The predicted molar refractivity (Wildman–Crippen MR) is 115 cm³/mol. The SMILES string of the molecule is CC(C(=O)N(Cc1ccsc1)C1CC12CCNCC2)c1cccc(Cl)c1.Cl. The minimum absolute atomic E-state index is 0. The zero-order valence-corrected chi connectivity index (χ0v) is 17.9. The lowest BCUT2D eigenvalue weighted by Crippen LogP contribution is -2.40. The molecule has 3 nitrogen and oxygen atoms in total.